The van der Waals surface area contributed by atoms with E-state index in [4.69, 9.17) is 9.84 Å². The van der Waals surface area contributed by atoms with Gasteiger partial charge in [-0.2, -0.15) is 0 Å². The van der Waals surface area contributed by atoms with Gasteiger partial charge in [-0.3, -0.25) is 4.79 Å². The molecule has 0 unspecified atom stereocenters. The molecular weight excluding hydrogens is 268 g/mol. The fourth-order valence-electron chi connectivity index (χ4n) is 1.60. The molecule has 2 rings (SSSR count). The third-order valence-electron chi connectivity index (χ3n) is 2.81. The quantitative estimate of drug-likeness (QED) is 0.885. The van der Waals surface area contributed by atoms with E-state index in [2.05, 4.69) is 10.3 Å². The number of carbonyl (C=O) groups excluding carboxylic acids is 1. The number of aliphatic hydroxyl groups excluding tert-OH is 1. The highest BCUT2D eigenvalue weighted by Gasteiger charge is 2.20. The van der Waals surface area contributed by atoms with E-state index in [1.807, 2.05) is 30.3 Å². The van der Waals surface area contributed by atoms with Gasteiger partial charge in [-0.1, -0.05) is 18.2 Å². The van der Waals surface area contributed by atoms with Gasteiger partial charge in [0.2, 0.25) is 5.88 Å². The van der Waals surface area contributed by atoms with Gasteiger partial charge in [0.15, 0.2) is 0 Å². The molecule has 2 N–H and O–H groups in total. The first kappa shape index (κ1) is 15.0. The van der Waals surface area contributed by atoms with Gasteiger partial charge in [0, 0.05) is 12.3 Å². The maximum Gasteiger partial charge on any atom is 0.253 e. The standard InChI is InChI=1S/C16H18N2O3/c1-16(2,11-19)18-15(20)12-8-9-14(17-10-12)21-13-6-4-3-5-7-13/h3-10,19H,11H2,1-2H3,(H,18,20). The Hall–Kier alpha value is -2.40. The first-order valence-electron chi connectivity index (χ1n) is 6.62. The van der Waals surface area contributed by atoms with Crippen molar-refractivity contribution in [2.45, 2.75) is 19.4 Å². The number of aromatic nitrogens is 1. The number of ether oxygens (including phenoxy) is 1. The maximum atomic E-state index is 12.0. The Bertz CT molecular complexity index is 595. The van der Waals surface area contributed by atoms with Gasteiger partial charge in [0.1, 0.15) is 5.75 Å². The number of rotatable bonds is 5. The lowest BCUT2D eigenvalue weighted by atomic mass is 10.1. The molecule has 0 spiro atoms. The highest BCUT2D eigenvalue weighted by atomic mass is 16.5. The highest BCUT2D eigenvalue weighted by Crippen LogP contribution is 2.18. The number of pyridine rings is 1. The molecule has 0 aliphatic heterocycles. The summed E-state index contributed by atoms with van der Waals surface area (Å²) in [4.78, 5) is 16.1. The molecule has 0 saturated carbocycles. The summed E-state index contributed by atoms with van der Waals surface area (Å²) < 4.78 is 5.55. The summed E-state index contributed by atoms with van der Waals surface area (Å²) in [5.41, 5.74) is -0.257. The Labute approximate surface area is 123 Å². The predicted molar refractivity (Wildman–Crippen MR) is 79.4 cm³/mol. The van der Waals surface area contributed by atoms with Crippen molar-refractivity contribution in [3.63, 3.8) is 0 Å². The fraction of sp³-hybridized carbons (Fsp3) is 0.250. The lowest BCUT2D eigenvalue weighted by Crippen LogP contribution is -2.46. The predicted octanol–water partition coefficient (Wildman–Crippen LogP) is 2.37. The number of carbonyl (C=O) groups is 1. The number of nitrogens with one attached hydrogen (secondary N) is 1. The number of para-hydroxylation sites is 1. The molecule has 0 bridgehead atoms. The van der Waals surface area contributed by atoms with Crippen molar-refractivity contribution < 1.29 is 14.6 Å². The molecule has 2 aromatic rings. The van der Waals surface area contributed by atoms with Crippen LogP contribution in [0.3, 0.4) is 0 Å². The van der Waals surface area contributed by atoms with Crippen LogP contribution < -0.4 is 10.1 Å². The molecule has 0 radical (unpaired) electrons. The van der Waals surface area contributed by atoms with E-state index in [0.717, 1.165) is 0 Å². The molecule has 0 saturated heterocycles. The van der Waals surface area contributed by atoms with Crippen molar-refractivity contribution in [2.75, 3.05) is 6.61 Å². The summed E-state index contributed by atoms with van der Waals surface area (Å²) in [6.45, 7) is 3.35. The van der Waals surface area contributed by atoms with Crippen LogP contribution in [0.15, 0.2) is 48.7 Å². The van der Waals surface area contributed by atoms with E-state index >= 15 is 0 Å². The van der Waals surface area contributed by atoms with Crippen LogP contribution in [0.25, 0.3) is 0 Å². The zero-order chi connectivity index (χ0) is 15.3. The first-order chi connectivity index (χ1) is 10.00. The van der Waals surface area contributed by atoms with Crippen LogP contribution in [-0.4, -0.2) is 28.1 Å². The summed E-state index contributed by atoms with van der Waals surface area (Å²) in [5, 5.41) is 11.9. The molecule has 0 aliphatic rings. The maximum absolute atomic E-state index is 12.0. The summed E-state index contributed by atoms with van der Waals surface area (Å²) in [5.74, 6) is 0.815. The second-order valence-electron chi connectivity index (χ2n) is 5.30. The van der Waals surface area contributed by atoms with E-state index in [1.54, 1.807) is 26.0 Å². The van der Waals surface area contributed by atoms with E-state index in [9.17, 15) is 4.79 Å². The lowest BCUT2D eigenvalue weighted by Gasteiger charge is -2.23. The SMILES string of the molecule is CC(C)(CO)NC(=O)c1ccc(Oc2ccccc2)nc1. The lowest BCUT2D eigenvalue weighted by molar-refractivity contribution is 0.0869. The molecule has 1 aromatic heterocycles. The van der Waals surface area contributed by atoms with Crippen LogP contribution in [0.1, 0.15) is 24.2 Å². The van der Waals surface area contributed by atoms with Crippen molar-refractivity contribution in [3.8, 4) is 11.6 Å². The molecule has 1 heterocycles. The first-order valence-corrected chi connectivity index (χ1v) is 6.62. The normalized spacial score (nSPS) is 11.0. The zero-order valence-electron chi connectivity index (χ0n) is 12.0. The number of aliphatic hydroxyl groups is 1. The average Bonchev–Trinajstić information content (AvgIpc) is 2.48. The fourth-order valence-corrected chi connectivity index (χ4v) is 1.60. The van der Waals surface area contributed by atoms with Crippen LogP contribution in [0, 0.1) is 0 Å². The molecule has 0 aliphatic carbocycles. The largest absolute Gasteiger partial charge is 0.439 e. The van der Waals surface area contributed by atoms with Gasteiger partial charge in [-0.05, 0) is 32.0 Å². The van der Waals surface area contributed by atoms with Crippen molar-refractivity contribution in [1.29, 1.82) is 0 Å². The van der Waals surface area contributed by atoms with Gasteiger partial charge in [0.25, 0.3) is 5.91 Å². The highest BCUT2D eigenvalue weighted by molar-refractivity contribution is 5.94. The molecule has 5 nitrogen and oxygen atoms in total. The van der Waals surface area contributed by atoms with E-state index in [0.29, 0.717) is 17.2 Å². The molecule has 1 aromatic carbocycles. The summed E-state index contributed by atoms with van der Waals surface area (Å²) in [6, 6.07) is 12.6. The van der Waals surface area contributed by atoms with E-state index in [-0.39, 0.29) is 12.5 Å². The molecular formula is C16H18N2O3. The van der Waals surface area contributed by atoms with Crippen molar-refractivity contribution in [3.05, 3.63) is 54.2 Å². The minimum atomic E-state index is -0.670. The second-order valence-corrected chi connectivity index (χ2v) is 5.30. The number of nitrogens with zero attached hydrogens (tertiary/aromatic N) is 1. The zero-order valence-corrected chi connectivity index (χ0v) is 12.0. The Morgan fingerprint density at radius 2 is 1.95 bits per heavy atom. The monoisotopic (exact) mass is 286 g/mol. The Kier molecular flexibility index (Phi) is 4.55. The van der Waals surface area contributed by atoms with Crippen LogP contribution in [-0.2, 0) is 0 Å². The smallest absolute Gasteiger partial charge is 0.253 e. The molecule has 21 heavy (non-hydrogen) atoms. The number of hydrogen-bond acceptors (Lipinski definition) is 4. The van der Waals surface area contributed by atoms with Crippen LogP contribution in [0.5, 0.6) is 11.6 Å². The van der Waals surface area contributed by atoms with Gasteiger partial charge in [-0.15, -0.1) is 0 Å². The van der Waals surface area contributed by atoms with Crippen LogP contribution in [0.2, 0.25) is 0 Å². The van der Waals surface area contributed by atoms with Crippen LogP contribution in [0.4, 0.5) is 0 Å². The number of hydrogen-bond donors (Lipinski definition) is 2. The average molecular weight is 286 g/mol. The van der Waals surface area contributed by atoms with Crippen molar-refractivity contribution in [1.82, 2.24) is 10.3 Å². The van der Waals surface area contributed by atoms with Gasteiger partial charge in [-0.25, -0.2) is 4.98 Å². The minimum absolute atomic E-state index is 0.138. The summed E-state index contributed by atoms with van der Waals surface area (Å²) >= 11 is 0. The molecule has 110 valence electrons. The van der Waals surface area contributed by atoms with E-state index < -0.39 is 5.54 Å². The number of amides is 1. The summed E-state index contributed by atoms with van der Waals surface area (Å²) in [7, 11) is 0. The molecule has 0 fully saturated rings. The topological polar surface area (TPSA) is 71.5 Å². The molecule has 5 heteroatoms. The van der Waals surface area contributed by atoms with Crippen molar-refractivity contribution in [2.24, 2.45) is 0 Å². The minimum Gasteiger partial charge on any atom is -0.439 e. The van der Waals surface area contributed by atoms with Crippen molar-refractivity contribution >= 4 is 5.91 Å². The molecule has 1 amide bonds. The van der Waals surface area contributed by atoms with Gasteiger partial charge in [0.05, 0.1) is 17.7 Å². The Balaban J connectivity index is 2.03. The summed E-state index contributed by atoms with van der Waals surface area (Å²) in [6.07, 6.45) is 1.45. The second kappa shape index (κ2) is 6.37. The Morgan fingerprint density at radius 1 is 1.24 bits per heavy atom. The Morgan fingerprint density at radius 3 is 2.52 bits per heavy atom. The number of benzene rings is 1. The molecule has 0 atom stereocenters. The third-order valence-corrected chi connectivity index (χ3v) is 2.81. The van der Waals surface area contributed by atoms with Gasteiger partial charge >= 0.3 is 0 Å². The third kappa shape index (κ3) is 4.29. The van der Waals surface area contributed by atoms with Gasteiger partial charge < -0.3 is 15.2 Å². The van der Waals surface area contributed by atoms with E-state index in [1.165, 1.54) is 6.20 Å². The van der Waals surface area contributed by atoms with Crippen LogP contribution >= 0.6 is 0 Å².